The molecular weight excluding hydrogens is 360 g/mol. The van der Waals surface area contributed by atoms with Crippen LogP contribution in [-0.2, 0) is 16.4 Å². The van der Waals surface area contributed by atoms with Crippen LogP contribution in [0.4, 0.5) is 17.3 Å². The molecule has 0 saturated carbocycles. The third-order valence-corrected chi connectivity index (χ3v) is 6.24. The Hall–Kier alpha value is -2.93. The summed E-state index contributed by atoms with van der Waals surface area (Å²) in [7, 11) is -3.70. The van der Waals surface area contributed by atoms with Crippen molar-refractivity contribution in [1.29, 1.82) is 0 Å². The first kappa shape index (κ1) is 17.5. The smallest absolute Gasteiger partial charge is 0.263 e. The summed E-state index contributed by atoms with van der Waals surface area (Å²) in [6, 6.07) is 18.8. The second-order valence-electron chi connectivity index (χ2n) is 6.70. The zero-order valence-electron chi connectivity index (χ0n) is 15.1. The first-order valence-corrected chi connectivity index (χ1v) is 10.2. The molecule has 4 rings (SSSR count). The molecule has 27 heavy (non-hydrogen) atoms. The van der Waals surface area contributed by atoms with Crippen molar-refractivity contribution in [2.45, 2.75) is 31.2 Å². The molecule has 0 aliphatic carbocycles. The lowest BCUT2D eigenvalue weighted by atomic mass is 10.1. The van der Waals surface area contributed by atoms with Crippen molar-refractivity contribution in [1.82, 2.24) is 10.2 Å². The minimum absolute atomic E-state index is 0.196. The molecule has 1 atom stereocenters. The fourth-order valence-electron chi connectivity index (χ4n) is 3.47. The molecule has 1 aliphatic heterocycles. The van der Waals surface area contributed by atoms with E-state index in [0.717, 1.165) is 12.1 Å². The quantitative estimate of drug-likeness (QED) is 0.747. The van der Waals surface area contributed by atoms with Crippen LogP contribution in [-0.4, -0.2) is 24.7 Å². The third-order valence-electron chi connectivity index (χ3n) is 4.73. The first-order chi connectivity index (χ1) is 13.0. The van der Waals surface area contributed by atoms with Gasteiger partial charge in [0.25, 0.3) is 10.0 Å². The van der Waals surface area contributed by atoms with Gasteiger partial charge in [-0.15, -0.1) is 10.2 Å². The molecule has 3 aromatic rings. The topological polar surface area (TPSA) is 75.2 Å². The normalized spacial score (nSPS) is 16.2. The van der Waals surface area contributed by atoms with E-state index in [1.54, 1.807) is 43.3 Å². The Balaban J connectivity index is 1.59. The molecule has 1 unspecified atom stereocenters. The molecule has 0 spiro atoms. The molecule has 1 N–H and O–H groups in total. The predicted molar refractivity (Wildman–Crippen MR) is 106 cm³/mol. The van der Waals surface area contributed by atoms with Gasteiger partial charge >= 0.3 is 0 Å². The number of hydrogen-bond donors (Lipinski definition) is 1. The van der Waals surface area contributed by atoms with Crippen LogP contribution in [0.25, 0.3) is 0 Å². The zero-order chi connectivity index (χ0) is 19.0. The molecule has 1 aliphatic rings. The molecule has 138 valence electrons. The Morgan fingerprint density at radius 3 is 2.48 bits per heavy atom. The van der Waals surface area contributed by atoms with E-state index >= 15 is 0 Å². The lowest BCUT2D eigenvalue weighted by Crippen LogP contribution is -2.25. The summed E-state index contributed by atoms with van der Waals surface area (Å²) in [4.78, 5) is 2.36. The van der Waals surface area contributed by atoms with E-state index in [1.165, 1.54) is 5.56 Å². The number of anilines is 3. The predicted octanol–water partition coefficient (Wildman–Crippen LogP) is 3.67. The van der Waals surface area contributed by atoms with Gasteiger partial charge in [0.2, 0.25) is 0 Å². The highest BCUT2D eigenvalue weighted by molar-refractivity contribution is 7.92. The molecule has 0 fully saturated rings. The number of aryl methyl sites for hydroxylation is 1. The molecule has 0 radical (unpaired) electrons. The third kappa shape index (κ3) is 3.26. The van der Waals surface area contributed by atoms with E-state index < -0.39 is 10.0 Å². The maximum absolute atomic E-state index is 12.6. The average molecular weight is 380 g/mol. The van der Waals surface area contributed by atoms with Crippen LogP contribution in [0.1, 0.15) is 18.1 Å². The van der Waals surface area contributed by atoms with Gasteiger partial charge in [0, 0.05) is 11.7 Å². The number of benzene rings is 2. The number of sulfonamides is 1. The van der Waals surface area contributed by atoms with E-state index in [-0.39, 0.29) is 16.8 Å². The number of rotatable bonds is 4. The van der Waals surface area contributed by atoms with Crippen LogP contribution in [0.5, 0.6) is 0 Å². The Labute approximate surface area is 158 Å². The number of hydrogen-bond acceptors (Lipinski definition) is 5. The van der Waals surface area contributed by atoms with Gasteiger partial charge in [-0.25, -0.2) is 8.42 Å². The highest BCUT2D eigenvalue weighted by Crippen LogP contribution is 2.37. The Morgan fingerprint density at radius 2 is 1.74 bits per heavy atom. The van der Waals surface area contributed by atoms with Gasteiger partial charge < -0.3 is 4.90 Å². The van der Waals surface area contributed by atoms with Crippen LogP contribution < -0.4 is 9.62 Å². The average Bonchev–Trinajstić information content (AvgIpc) is 2.98. The Bertz CT molecular complexity index is 1080. The molecule has 0 saturated heterocycles. The number of para-hydroxylation sites is 1. The lowest BCUT2D eigenvalue weighted by Gasteiger charge is -2.23. The number of nitrogens with zero attached hydrogens (tertiary/aromatic N) is 3. The van der Waals surface area contributed by atoms with Crippen molar-refractivity contribution in [3.05, 3.63) is 71.8 Å². The molecule has 6 nitrogen and oxygen atoms in total. The van der Waals surface area contributed by atoms with E-state index in [1.807, 2.05) is 12.1 Å². The summed E-state index contributed by atoms with van der Waals surface area (Å²) in [5, 5.41) is 8.35. The van der Waals surface area contributed by atoms with Gasteiger partial charge in [0.05, 0.1) is 4.90 Å². The summed E-state index contributed by atoms with van der Waals surface area (Å²) in [5.74, 6) is 0.897. The van der Waals surface area contributed by atoms with Crippen molar-refractivity contribution >= 4 is 27.3 Å². The minimum atomic E-state index is -3.70. The summed E-state index contributed by atoms with van der Waals surface area (Å²) in [6.45, 7) is 3.89. The standard InChI is InChI=1S/C20H20N4O2S/c1-14-7-3-6-10-18(14)27(25,26)23-19-11-12-20(22-21-19)24-15(2)13-16-8-4-5-9-17(16)24/h3-12,15H,13H2,1-2H3,(H,21,23). The summed E-state index contributed by atoms with van der Waals surface area (Å²) in [6.07, 6.45) is 0.944. The zero-order valence-corrected chi connectivity index (χ0v) is 15.9. The highest BCUT2D eigenvalue weighted by Gasteiger charge is 2.28. The SMILES string of the molecule is Cc1ccccc1S(=O)(=O)Nc1ccc(N2c3ccccc3CC2C)nn1. The van der Waals surface area contributed by atoms with Crippen molar-refractivity contribution in [3.8, 4) is 0 Å². The lowest BCUT2D eigenvalue weighted by molar-refractivity contribution is 0.600. The molecule has 7 heteroatoms. The highest BCUT2D eigenvalue weighted by atomic mass is 32.2. The second-order valence-corrected chi connectivity index (χ2v) is 8.35. The molecule has 2 heterocycles. The van der Waals surface area contributed by atoms with Gasteiger partial charge in [-0.05, 0) is 55.7 Å². The molecular formula is C20H20N4O2S. The Morgan fingerprint density at radius 1 is 1.00 bits per heavy atom. The van der Waals surface area contributed by atoms with E-state index in [2.05, 4.69) is 38.9 Å². The van der Waals surface area contributed by atoms with Gasteiger partial charge in [-0.3, -0.25) is 4.72 Å². The number of nitrogens with one attached hydrogen (secondary N) is 1. The van der Waals surface area contributed by atoms with Gasteiger partial charge in [0.1, 0.15) is 0 Å². The number of fused-ring (bicyclic) bond motifs is 1. The minimum Gasteiger partial charge on any atom is -0.321 e. The Kier molecular flexibility index (Phi) is 4.31. The van der Waals surface area contributed by atoms with Crippen molar-refractivity contribution < 1.29 is 8.42 Å². The van der Waals surface area contributed by atoms with Crippen LogP contribution in [0.15, 0.2) is 65.6 Å². The van der Waals surface area contributed by atoms with Gasteiger partial charge in [-0.1, -0.05) is 36.4 Å². The maximum Gasteiger partial charge on any atom is 0.263 e. The fourth-order valence-corrected chi connectivity index (χ4v) is 4.72. The molecule has 1 aromatic heterocycles. The molecule has 0 amide bonds. The van der Waals surface area contributed by atoms with Crippen LogP contribution >= 0.6 is 0 Å². The van der Waals surface area contributed by atoms with Gasteiger partial charge in [0.15, 0.2) is 11.6 Å². The number of aromatic nitrogens is 2. The van der Waals surface area contributed by atoms with E-state index in [9.17, 15) is 8.42 Å². The maximum atomic E-state index is 12.6. The van der Waals surface area contributed by atoms with E-state index in [0.29, 0.717) is 11.4 Å². The van der Waals surface area contributed by atoms with Crippen molar-refractivity contribution in [2.75, 3.05) is 9.62 Å². The van der Waals surface area contributed by atoms with Crippen LogP contribution in [0.2, 0.25) is 0 Å². The second kappa shape index (κ2) is 6.66. The van der Waals surface area contributed by atoms with Crippen LogP contribution in [0.3, 0.4) is 0 Å². The summed E-state index contributed by atoms with van der Waals surface area (Å²) in [5.41, 5.74) is 3.07. The largest absolute Gasteiger partial charge is 0.321 e. The van der Waals surface area contributed by atoms with E-state index in [4.69, 9.17) is 0 Å². The monoisotopic (exact) mass is 380 g/mol. The molecule has 0 bridgehead atoms. The van der Waals surface area contributed by atoms with Crippen molar-refractivity contribution in [3.63, 3.8) is 0 Å². The van der Waals surface area contributed by atoms with Crippen LogP contribution in [0, 0.1) is 6.92 Å². The fraction of sp³-hybridized carbons (Fsp3) is 0.200. The summed E-state index contributed by atoms with van der Waals surface area (Å²) >= 11 is 0. The first-order valence-electron chi connectivity index (χ1n) is 8.75. The summed E-state index contributed by atoms with van der Waals surface area (Å²) < 4.78 is 27.7. The van der Waals surface area contributed by atoms with Crippen molar-refractivity contribution in [2.24, 2.45) is 0 Å². The molecule has 2 aromatic carbocycles. The van der Waals surface area contributed by atoms with Gasteiger partial charge in [-0.2, -0.15) is 0 Å².